The molecule has 0 amide bonds. The Morgan fingerprint density at radius 1 is 0.918 bits per heavy atom. The molecular formula is C38H39Cl2N5O3S. The van der Waals surface area contributed by atoms with Gasteiger partial charge < -0.3 is 15.0 Å². The first-order valence-electron chi connectivity index (χ1n) is 16.3. The van der Waals surface area contributed by atoms with Crippen molar-refractivity contribution in [2.75, 3.05) is 16.2 Å². The predicted molar refractivity (Wildman–Crippen MR) is 201 cm³/mol. The van der Waals surface area contributed by atoms with Crippen LogP contribution in [0.25, 0.3) is 28.1 Å². The molecule has 5 aromatic rings. The first-order chi connectivity index (χ1) is 23.5. The molecule has 3 N–H and O–H groups in total. The van der Waals surface area contributed by atoms with Crippen LogP contribution in [-0.2, 0) is 23.1 Å². The Morgan fingerprint density at radius 2 is 1.63 bits per heavy atom. The number of aliphatic hydroxyl groups is 1. The Labute approximate surface area is 298 Å². The van der Waals surface area contributed by atoms with Gasteiger partial charge >= 0.3 is 10.2 Å². The van der Waals surface area contributed by atoms with Crippen molar-refractivity contribution in [3.8, 4) is 28.1 Å². The molecule has 0 spiro atoms. The summed E-state index contributed by atoms with van der Waals surface area (Å²) in [7, 11) is -3.90. The molecule has 0 saturated carbocycles. The van der Waals surface area contributed by atoms with Crippen LogP contribution in [0.5, 0.6) is 0 Å². The number of nitrogens with one attached hydrogen (secondary N) is 2. The number of aliphatic hydroxyl groups excluding tert-OH is 1. The molecule has 0 fully saturated rings. The highest BCUT2D eigenvalue weighted by atomic mass is 35.5. The maximum atomic E-state index is 12.4. The van der Waals surface area contributed by atoms with Gasteiger partial charge in [-0.2, -0.15) is 8.42 Å². The molecule has 2 heterocycles. The number of aromatic nitrogens is 2. The third-order valence-corrected chi connectivity index (χ3v) is 10.2. The number of benzene rings is 4. The molecule has 1 aromatic heterocycles. The van der Waals surface area contributed by atoms with Crippen LogP contribution in [0.3, 0.4) is 0 Å². The van der Waals surface area contributed by atoms with Crippen LogP contribution >= 0.6 is 23.2 Å². The number of hydrogen-bond donors (Lipinski definition) is 3. The fourth-order valence-electron chi connectivity index (χ4n) is 5.89. The zero-order valence-corrected chi connectivity index (χ0v) is 29.9. The van der Waals surface area contributed by atoms with E-state index in [-0.39, 0.29) is 0 Å². The molecule has 254 valence electrons. The molecular weight excluding hydrogens is 677 g/mol. The summed E-state index contributed by atoms with van der Waals surface area (Å²) in [6, 6.07) is 27.6. The Hall–Kier alpha value is -4.44. The van der Waals surface area contributed by atoms with Crippen LogP contribution in [0.2, 0.25) is 10.0 Å². The van der Waals surface area contributed by atoms with Crippen molar-refractivity contribution in [3.63, 3.8) is 0 Å². The SMILES string of the molecule is CCCCNc1cc(-c2ccc(Cc3nc(-c4ccc(Cl)cc4Cl)cn3-c3ccc(N4C=C(O)NS4(=O)=O)cc3)cc2)ccc1CC(C)C. The standard InChI is InChI=1S/C38H39Cl2N5O3S/c1-4-5-18-41-35-21-28(10-11-29(35)19-25(2)3)27-8-6-26(7-9-27)20-37-42-36(33-17-12-30(39)22-34(33)40)23-44(37)31-13-15-32(16-14-31)45-24-38(46)43-49(45,47)48/h6-17,21-25,41,43,46H,4-5,18-20H2,1-3H3. The molecule has 1 aliphatic heterocycles. The lowest BCUT2D eigenvalue weighted by molar-refractivity contribution is 0.392. The quantitative estimate of drug-likeness (QED) is 0.112. The second-order valence-electron chi connectivity index (χ2n) is 12.6. The predicted octanol–water partition coefficient (Wildman–Crippen LogP) is 9.53. The number of imidazole rings is 1. The van der Waals surface area contributed by atoms with Gasteiger partial charge in [-0.15, -0.1) is 0 Å². The van der Waals surface area contributed by atoms with Crippen LogP contribution in [0, 0.1) is 5.92 Å². The summed E-state index contributed by atoms with van der Waals surface area (Å²) in [6.07, 6.45) is 6.88. The van der Waals surface area contributed by atoms with Crippen molar-refractivity contribution in [2.24, 2.45) is 5.92 Å². The molecule has 11 heteroatoms. The van der Waals surface area contributed by atoms with Crippen molar-refractivity contribution in [1.29, 1.82) is 0 Å². The molecule has 8 nitrogen and oxygen atoms in total. The summed E-state index contributed by atoms with van der Waals surface area (Å²) < 4.78 is 29.8. The Morgan fingerprint density at radius 3 is 2.29 bits per heavy atom. The Kier molecular flexibility index (Phi) is 10.2. The number of hydrogen-bond acceptors (Lipinski definition) is 5. The van der Waals surface area contributed by atoms with Gasteiger partial charge in [0.25, 0.3) is 0 Å². The van der Waals surface area contributed by atoms with Gasteiger partial charge in [0.15, 0.2) is 0 Å². The van der Waals surface area contributed by atoms with Gasteiger partial charge in [0, 0.05) is 41.1 Å². The van der Waals surface area contributed by atoms with E-state index >= 15 is 0 Å². The lowest BCUT2D eigenvalue weighted by atomic mass is 9.96. The highest BCUT2D eigenvalue weighted by molar-refractivity contribution is 7.91. The van der Waals surface area contributed by atoms with E-state index < -0.39 is 16.1 Å². The van der Waals surface area contributed by atoms with E-state index in [9.17, 15) is 13.5 Å². The number of nitrogens with zero attached hydrogens (tertiary/aromatic N) is 3. The van der Waals surface area contributed by atoms with E-state index in [1.54, 1.807) is 24.3 Å². The number of unbranched alkanes of at least 4 members (excludes halogenated alkanes) is 1. The minimum Gasteiger partial charge on any atom is -0.493 e. The molecule has 6 rings (SSSR count). The summed E-state index contributed by atoms with van der Waals surface area (Å²) in [5.74, 6) is 0.905. The highest BCUT2D eigenvalue weighted by Gasteiger charge is 2.28. The van der Waals surface area contributed by atoms with Crippen molar-refractivity contribution in [1.82, 2.24) is 14.3 Å². The maximum Gasteiger partial charge on any atom is 0.330 e. The average Bonchev–Trinajstić information content (AvgIpc) is 3.60. The van der Waals surface area contributed by atoms with E-state index in [1.165, 1.54) is 11.3 Å². The third-order valence-electron chi connectivity index (χ3n) is 8.33. The fraction of sp³-hybridized carbons (Fsp3) is 0.237. The van der Waals surface area contributed by atoms with E-state index in [4.69, 9.17) is 28.2 Å². The van der Waals surface area contributed by atoms with E-state index in [0.29, 0.717) is 33.8 Å². The molecule has 0 aliphatic carbocycles. The molecule has 0 atom stereocenters. The Bertz CT molecular complexity index is 2090. The van der Waals surface area contributed by atoms with Gasteiger partial charge in [-0.1, -0.05) is 86.8 Å². The molecule has 0 bridgehead atoms. The molecule has 0 saturated heterocycles. The zero-order chi connectivity index (χ0) is 34.7. The van der Waals surface area contributed by atoms with Gasteiger partial charge in [0.05, 0.1) is 22.6 Å². The monoisotopic (exact) mass is 715 g/mol. The summed E-state index contributed by atoms with van der Waals surface area (Å²) in [6.45, 7) is 7.66. The maximum absolute atomic E-state index is 12.4. The molecule has 0 radical (unpaired) electrons. The van der Waals surface area contributed by atoms with E-state index in [1.807, 2.05) is 29.0 Å². The van der Waals surface area contributed by atoms with Crippen LogP contribution in [0.4, 0.5) is 11.4 Å². The van der Waals surface area contributed by atoms with Crippen LogP contribution in [-0.4, -0.2) is 29.6 Å². The van der Waals surface area contributed by atoms with Gasteiger partial charge in [-0.05, 0) is 89.5 Å². The van der Waals surface area contributed by atoms with Gasteiger partial charge in [-0.25, -0.2) is 14.0 Å². The number of rotatable bonds is 12. The average molecular weight is 717 g/mol. The largest absolute Gasteiger partial charge is 0.493 e. The molecule has 4 aromatic carbocycles. The first-order valence-corrected chi connectivity index (χ1v) is 18.5. The summed E-state index contributed by atoms with van der Waals surface area (Å²) in [5.41, 5.74) is 8.51. The normalized spacial score (nSPS) is 13.8. The number of halogens is 2. The third kappa shape index (κ3) is 7.90. The van der Waals surface area contributed by atoms with Crippen molar-refractivity contribution < 1.29 is 13.5 Å². The zero-order valence-electron chi connectivity index (χ0n) is 27.6. The first kappa shape index (κ1) is 34.4. The van der Waals surface area contributed by atoms with Gasteiger partial charge in [-0.3, -0.25) is 0 Å². The van der Waals surface area contributed by atoms with E-state index in [0.717, 1.165) is 70.1 Å². The Balaban J connectivity index is 1.31. The van der Waals surface area contributed by atoms with Crippen molar-refractivity contribution >= 4 is 44.8 Å². The smallest absolute Gasteiger partial charge is 0.330 e. The van der Waals surface area contributed by atoms with Crippen LogP contribution < -0.4 is 14.3 Å². The summed E-state index contributed by atoms with van der Waals surface area (Å²) >= 11 is 12.8. The van der Waals surface area contributed by atoms with Crippen molar-refractivity contribution in [3.05, 3.63) is 130 Å². The van der Waals surface area contributed by atoms with Crippen molar-refractivity contribution in [2.45, 2.75) is 46.5 Å². The molecule has 1 aliphatic rings. The second kappa shape index (κ2) is 14.6. The van der Waals surface area contributed by atoms with Crippen LogP contribution in [0.15, 0.2) is 103 Å². The highest BCUT2D eigenvalue weighted by Crippen LogP contribution is 2.33. The topological polar surface area (TPSA) is 99.5 Å². The molecule has 0 unspecified atom stereocenters. The van der Waals surface area contributed by atoms with Gasteiger partial charge in [0.1, 0.15) is 5.82 Å². The van der Waals surface area contributed by atoms with E-state index in [2.05, 4.69) is 73.3 Å². The lowest BCUT2D eigenvalue weighted by Crippen LogP contribution is -2.29. The second-order valence-corrected chi connectivity index (χ2v) is 15.0. The minimum atomic E-state index is -3.90. The molecule has 49 heavy (non-hydrogen) atoms. The van der Waals surface area contributed by atoms with Gasteiger partial charge in [0.2, 0.25) is 5.88 Å². The van der Waals surface area contributed by atoms with Crippen LogP contribution in [0.1, 0.15) is 50.6 Å². The fourth-order valence-corrected chi connectivity index (χ4v) is 7.45. The lowest BCUT2D eigenvalue weighted by Gasteiger charge is -2.16. The minimum absolute atomic E-state index is 0.375. The number of anilines is 2. The summed E-state index contributed by atoms with van der Waals surface area (Å²) in [4.78, 5) is 5.00. The summed E-state index contributed by atoms with van der Waals surface area (Å²) in [5, 5.41) is 14.4.